The number of hydrogen-bond acceptors (Lipinski definition) is 10. The summed E-state index contributed by atoms with van der Waals surface area (Å²) >= 11 is 3.51. The van der Waals surface area contributed by atoms with E-state index < -0.39 is 54.2 Å². The molecule has 0 fully saturated rings. The molecule has 0 unspecified atom stereocenters. The Labute approximate surface area is 250 Å². The normalized spacial score (nSPS) is 11.4. The second kappa shape index (κ2) is 13.0. The number of nitrogens with one attached hydrogen (secondary N) is 3. The highest BCUT2D eigenvalue weighted by Gasteiger charge is 2.38. The van der Waals surface area contributed by atoms with Gasteiger partial charge in [-0.2, -0.15) is 13.2 Å². The molecule has 5 N–H and O–H groups in total. The van der Waals surface area contributed by atoms with E-state index in [0.29, 0.717) is 0 Å². The minimum Gasteiger partial charge on any atom is -0.507 e. The van der Waals surface area contributed by atoms with Crippen molar-refractivity contribution in [2.45, 2.75) is 32.1 Å². The van der Waals surface area contributed by atoms with Gasteiger partial charge in [-0.3, -0.25) is 19.2 Å². The van der Waals surface area contributed by atoms with Crippen LogP contribution in [0.15, 0.2) is 57.7 Å². The number of alkyl halides is 3. The van der Waals surface area contributed by atoms with Crippen LogP contribution in [0, 0.1) is 0 Å². The number of carboxylic acid groups (broad SMARTS) is 1. The number of aromatic hydroxyl groups is 1. The Morgan fingerprint density at radius 3 is 2.30 bits per heavy atom. The molecule has 2 aromatic rings. The van der Waals surface area contributed by atoms with Crippen LogP contribution in [0.3, 0.4) is 0 Å². The predicted molar refractivity (Wildman–Crippen MR) is 150 cm³/mol. The first-order valence-corrected chi connectivity index (χ1v) is 13.0. The number of carboxylic acids is 1. The number of benzene rings is 3. The largest absolute Gasteiger partial charge is 0.507 e. The topological polar surface area (TPSA) is 184 Å². The monoisotopic (exact) mass is 633 g/mol. The van der Waals surface area contributed by atoms with E-state index in [1.807, 2.05) is 4.89 Å². The van der Waals surface area contributed by atoms with Gasteiger partial charge in [0.1, 0.15) is 17.1 Å². The van der Waals surface area contributed by atoms with Crippen molar-refractivity contribution in [3.05, 3.63) is 75.4 Å². The van der Waals surface area contributed by atoms with Gasteiger partial charge >= 0.3 is 24.0 Å². The van der Waals surface area contributed by atoms with Crippen LogP contribution in [0.25, 0.3) is 33.4 Å². The minimum absolute atomic E-state index is 0.125. The number of phenolic OH excluding ortho intramolecular Hbond substituents is 1. The first-order valence-electron chi connectivity index (χ1n) is 12.6. The molecule has 2 aromatic carbocycles. The molecule has 4 rings (SSSR count). The van der Waals surface area contributed by atoms with Crippen molar-refractivity contribution in [1.29, 1.82) is 0 Å². The summed E-state index contributed by atoms with van der Waals surface area (Å²) < 4.78 is 44.8. The van der Waals surface area contributed by atoms with E-state index in [1.54, 1.807) is 11.4 Å². The van der Waals surface area contributed by atoms with Crippen molar-refractivity contribution in [3.63, 3.8) is 0 Å². The van der Waals surface area contributed by atoms with Gasteiger partial charge < -0.3 is 30.1 Å². The second-order valence-corrected chi connectivity index (χ2v) is 9.39. The Morgan fingerprint density at radius 2 is 1.61 bits per heavy atom. The van der Waals surface area contributed by atoms with Gasteiger partial charge in [0.15, 0.2) is 5.43 Å². The second-order valence-electron chi connectivity index (χ2n) is 9.21. The number of carbonyl (C=O) groups is 4. The first kappa shape index (κ1) is 31.8. The molecule has 0 atom stereocenters. The molecule has 0 spiro atoms. The number of rotatable bonds is 10. The van der Waals surface area contributed by atoms with Crippen LogP contribution >= 0.6 is 12.8 Å². The van der Waals surface area contributed by atoms with Gasteiger partial charge in [-0.1, -0.05) is 35.9 Å². The lowest BCUT2D eigenvalue weighted by molar-refractivity contribution is -0.173. The molecule has 2 amide bonds. The van der Waals surface area contributed by atoms with E-state index in [4.69, 9.17) is 4.42 Å². The number of fused-ring (bicyclic) bond motifs is 2. The third kappa shape index (κ3) is 6.76. The first-order chi connectivity index (χ1) is 20.8. The number of thiol groups is 1. The Hall–Kier alpha value is -5.09. The van der Waals surface area contributed by atoms with Crippen molar-refractivity contribution in [3.8, 4) is 28.2 Å². The fourth-order valence-corrected chi connectivity index (χ4v) is 4.58. The molecule has 230 valence electrons. The quantitative estimate of drug-likeness (QED) is 0.0859. The molecule has 0 bridgehead atoms. The van der Waals surface area contributed by atoms with E-state index >= 15 is 0 Å². The molecule has 16 heteroatoms. The van der Waals surface area contributed by atoms with Crippen LogP contribution in [0.5, 0.6) is 5.75 Å². The summed E-state index contributed by atoms with van der Waals surface area (Å²) in [5.41, 5.74) is -0.915. The molecule has 1 aliphatic carbocycles. The predicted octanol–water partition coefficient (Wildman–Crippen LogP) is 3.44. The fourth-order valence-electron chi connectivity index (χ4n) is 4.48. The summed E-state index contributed by atoms with van der Waals surface area (Å²) in [5, 5.41) is 24.8. The Kier molecular flexibility index (Phi) is 9.44. The molecule has 0 saturated heterocycles. The van der Waals surface area contributed by atoms with Gasteiger partial charge in [-0.05, 0) is 35.9 Å². The Bertz CT molecular complexity index is 1810. The highest BCUT2D eigenvalue weighted by molar-refractivity contribution is 7.77. The van der Waals surface area contributed by atoms with Gasteiger partial charge in [0.25, 0.3) is 0 Å². The third-order valence-corrected chi connectivity index (χ3v) is 6.58. The van der Waals surface area contributed by atoms with Crippen molar-refractivity contribution in [2.24, 2.45) is 0 Å². The number of aromatic carboxylic acids is 1. The van der Waals surface area contributed by atoms with E-state index in [1.165, 1.54) is 36.4 Å². The average Bonchev–Trinajstić information content (AvgIpc) is 2.97. The van der Waals surface area contributed by atoms with Crippen LogP contribution in [0.2, 0.25) is 0 Å². The summed E-state index contributed by atoms with van der Waals surface area (Å²) in [6.07, 6.45) is -5.86. The number of carbonyl (C=O) groups excluding carboxylic acids is 3. The zero-order valence-corrected chi connectivity index (χ0v) is 23.2. The van der Waals surface area contributed by atoms with Crippen molar-refractivity contribution < 1.29 is 51.8 Å². The van der Waals surface area contributed by atoms with E-state index in [-0.39, 0.29) is 63.0 Å². The Balaban J connectivity index is 1.92. The molecule has 0 saturated carbocycles. The van der Waals surface area contributed by atoms with Gasteiger partial charge in [0.05, 0.1) is 36.2 Å². The maximum Gasteiger partial charge on any atom is 0.471 e. The lowest BCUT2D eigenvalue weighted by atomic mass is 9.88. The third-order valence-electron chi connectivity index (χ3n) is 6.48. The van der Waals surface area contributed by atoms with Crippen molar-refractivity contribution in [2.75, 3.05) is 0 Å². The SMILES string of the molecule is O=C(CCC(=O)ONS)NCc1c2oc3c(CNC(=O)C(F)(F)F)c(O)ccc3c(-c3ccccc3C(=O)O)c-2ccc1=O. The van der Waals surface area contributed by atoms with Gasteiger partial charge in [0.2, 0.25) is 5.91 Å². The van der Waals surface area contributed by atoms with Crippen LogP contribution in [-0.4, -0.2) is 40.1 Å². The molecule has 0 radical (unpaired) electrons. The number of phenols is 1. The number of hydrogen-bond donors (Lipinski definition) is 6. The molecular weight excluding hydrogens is 611 g/mol. The molecule has 12 nitrogen and oxygen atoms in total. The lowest BCUT2D eigenvalue weighted by Gasteiger charge is -2.21. The average molecular weight is 634 g/mol. The van der Waals surface area contributed by atoms with Gasteiger partial charge in [0, 0.05) is 22.9 Å². The van der Waals surface area contributed by atoms with E-state index in [9.17, 15) is 47.4 Å². The number of halogens is 3. The molecule has 1 aliphatic heterocycles. The minimum atomic E-state index is -5.22. The van der Waals surface area contributed by atoms with Crippen LogP contribution in [0.4, 0.5) is 13.2 Å². The standard InChI is InChI=1S/C28H22F3N3O9S/c29-28(30,31)27(41)33-12-18-20(36)8-6-16-23(13-3-1-2-4-14(13)26(39)40)15-5-7-19(35)17(24(15)42-25(16)18)11-32-21(37)9-10-22(38)43-34-44/h1-8,34,36,44H,9-12H2,(H,32,37)(H,33,41)(H,39,40). The van der Waals surface area contributed by atoms with Crippen molar-refractivity contribution in [1.82, 2.24) is 15.5 Å². The smallest absolute Gasteiger partial charge is 0.471 e. The molecule has 44 heavy (non-hydrogen) atoms. The van der Waals surface area contributed by atoms with E-state index in [2.05, 4.69) is 23.0 Å². The van der Waals surface area contributed by atoms with Crippen LogP contribution in [0.1, 0.15) is 34.3 Å². The van der Waals surface area contributed by atoms with Crippen LogP contribution < -0.4 is 20.9 Å². The summed E-state index contributed by atoms with van der Waals surface area (Å²) in [7, 11) is 0. The van der Waals surface area contributed by atoms with Gasteiger partial charge in [-0.15, -0.1) is 0 Å². The highest BCUT2D eigenvalue weighted by atomic mass is 32.1. The maximum absolute atomic E-state index is 13.0. The molecular formula is C28H22F3N3O9S. The summed E-state index contributed by atoms with van der Waals surface area (Å²) in [6.45, 7) is -1.28. The summed E-state index contributed by atoms with van der Waals surface area (Å²) in [6, 6.07) is 10.8. The van der Waals surface area contributed by atoms with Crippen LogP contribution in [-0.2, 0) is 32.3 Å². The zero-order valence-electron chi connectivity index (χ0n) is 22.3. The van der Waals surface area contributed by atoms with Gasteiger partial charge in [-0.25, -0.2) is 4.79 Å². The lowest BCUT2D eigenvalue weighted by Crippen LogP contribution is -2.36. The summed E-state index contributed by atoms with van der Waals surface area (Å²) in [5.74, 6) is -5.76. The summed E-state index contributed by atoms with van der Waals surface area (Å²) in [4.78, 5) is 66.9. The molecule has 0 aromatic heterocycles. The highest BCUT2D eigenvalue weighted by Crippen LogP contribution is 2.44. The molecule has 2 aliphatic rings. The molecule has 1 heterocycles. The Morgan fingerprint density at radius 1 is 0.909 bits per heavy atom. The van der Waals surface area contributed by atoms with E-state index in [0.717, 1.165) is 6.07 Å². The zero-order chi connectivity index (χ0) is 32.2. The maximum atomic E-state index is 13.0. The number of amides is 2. The fraction of sp³-hybridized carbons (Fsp3) is 0.179. The van der Waals surface area contributed by atoms with Crippen molar-refractivity contribution >= 4 is 47.5 Å².